The lowest BCUT2D eigenvalue weighted by atomic mass is 9.98. The lowest BCUT2D eigenvalue weighted by Gasteiger charge is -2.14. The minimum absolute atomic E-state index is 0.155. The predicted molar refractivity (Wildman–Crippen MR) is 105 cm³/mol. The fourth-order valence-corrected chi connectivity index (χ4v) is 3.23. The fraction of sp³-hybridized carbons (Fsp3) is 0.0870. The van der Waals surface area contributed by atoms with Gasteiger partial charge in [-0.25, -0.2) is 4.79 Å². The van der Waals surface area contributed by atoms with E-state index in [1.54, 1.807) is 66.7 Å². The molecule has 1 heterocycles. The third-order valence-corrected chi connectivity index (χ3v) is 4.70. The first-order valence-corrected chi connectivity index (χ1v) is 9.01. The molecule has 0 radical (unpaired) electrons. The molecule has 0 saturated heterocycles. The van der Waals surface area contributed by atoms with Crippen LogP contribution in [0.25, 0.3) is 0 Å². The molecule has 0 amide bonds. The summed E-state index contributed by atoms with van der Waals surface area (Å²) >= 11 is 0. The second-order valence-corrected chi connectivity index (χ2v) is 6.56. The first-order chi connectivity index (χ1) is 14.0. The molecule has 1 aliphatic rings. The Morgan fingerprint density at radius 1 is 0.931 bits per heavy atom. The molecule has 1 atom stereocenters. The summed E-state index contributed by atoms with van der Waals surface area (Å²) in [5, 5.41) is 0. The zero-order valence-corrected chi connectivity index (χ0v) is 15.3. The summed E-state index contributed by atoms with van der Waals surface area (Å²) < 4.78 is 10.5. The minimum Gasteiger partial charge on any atom is -0.420 e. The number of rotatable bonds is 5. The maximum atomic E-state index is 12.7. The van der Waals surface area contributed by atoms with Crippen LogP contribution in [0.15, 0.2) is 72.8 Å². The number of fused-ring (bicyclic) bond motifs is 1. The topological polar surface area (TPSA) is 95.7 Å². The van der Waals surface area contributed by atoms with Gasteiger partial charge in [0.15, 0.2) is 5.78 Å². The van der Waals surface area contributed by atoms with Crippen molar-refractivity contribution < 1.29 is 23.9 Å². The molecule has 1 unspecified atom stereocenters. The number of ether oxygens (including phenoxy) is 2. The Morgan fingerprint density at radius 3 is 2.45 bits per heavy atom. The van der Waals surface area contributed by atoms with Gasteiger partial charge in [0.25, 0.3) is 6.29 Å². The summed E-state index contributed by atoms with van der Waals surface area (Å²) in [6.07, 6.45) is -1.24. The van der Waals surface area contributed by atoms with Crippen LogP contribution >= 0.6 is 0 Å². The van der Waals surface area contributed by atoms with Crippen molar-refractivity contribution in [1.82, 2.24) is 0 Å². The van der Waals surface area contributed by atoms with Crippen LogP contribution in [0.1, 0.15) is 43.7 Å². The number of nitrogens with two attached hydrogens (primary N) is 1. The van der Waals surface area contributed by atoms with Gasteiger partial charge < -0.3 is 15.2 Å². The second-order valence-electron chi connectivity index (χ2n) is 6.56. The van der Waals surface area contributed by atoms with E-state index in [1.165, 1.54) is 0 Å². The van der Waals surface area contributed by atoms with Gasteiger partial charge in [-0.05, 0) is 17.7 Å². The summed E-state index contributed by atoms with van der Waals surface area (Å²) in [5.41, 5.74) is 8.56. The largest absolute Gasteiger partial charge is 0.420 e. The average Bonchev–Trinajstić information content (AvgIpc) is 3.05. The van der Waals surface area contributed by atoms with E-state index in [0.717, 1.165) is 0 Å². The maximum Gasteiger partial charge on any atom is 0.342 e. The number of benzene rings is 3. The smallest absolute Gasteiger partial charge is 0.342 e. The van der Waals surface area contributed by atoms with Gasteiger partial charge in [-0.3, -0.25) is 9.59 Å². The third-order valence-electron chi connectivity index (χ3n) is 4.70. The van der Waals surface area contributed by atoms with Crippen molar-refractivity contribution in [2.45, 2.75) is 12.7 Å². The van der Waals surface area contributed by atoms with Gasteiger partial charge >= 0.3 is 11.9 Å². The Balaban J connectivity index is 1.51. The van der Waals surface area contributed by atoms with Crippen molar-refractivity contribution in [3.8, 4) is 0 Å². The number of para-hydroxylation sites is 1. The highest BCUT2D eigenvalue weighted by atomic mass is 16.7. The van der Waals surface area contributed by atoms with E-state index < -0.39 is 18.2 Å². The zero-order valence-electron chi connectivity index (χ0n) is 15.3. The number of esters is 2. The van der Waals surface area contributed by atoms with Gasteiger partial charge in [0, 0.05) is 22.4 Å². The monoisotopic (exact) mass is 387 g/mol. The Bertz CT molecular complexity index is 1110. The van der Waals surface area contributed by atoms with Crippen molar-refractivity contribution in [3.05, 3.63) is 101 Å². The van der Waals surface area contributed by atoms with Gasteiger partial charge in [-0.2, -0.15) is 0 Å². The molecule has 3 aromatic carbocycles. The summed E-state index contributed by atoms with van der Waals surface area (Å²) in [7, 11) is 0. The third kappa shape index (κ3) is 3.60. The van der Waals surface area contributed by atoms with Gasteiger partial charge in [0.05, 0.1) is 12.0 Å². The van der Waals surface area contributed by atoms with Crippen LogP contribution < -0.4 is 5.73 Å². The molecule has 0 aromatic heterocycles. The van der Waals surface area contributed by atoms with Crippen LogP contribution in [0.4, 0.5) is 5.69 Å². The highest BCUT2D eigenvalue weighted by Crippen LogP contribution is 2.32. The zero-order chi connectivity index (χ0) is 20.4. The molecule has 0 bridgehead atoms. The quantitative estimate of drug-likeness (QED) is 0.409. The van der Waals surface area contributed by atoms with E-state index in [-0.39, 0.29) is 17.9 Å². The van der Waals surface area contributed by atoms with Gasteiger partial charge in [0.1, 0.15) is 0 Å². The normalized spacial score (nSPS) is 14.8. The van der Waals surface area contributed by atoms with Crippen molar-refractivity contribution >= 4 is 23.4 Å². The number of nitrogen functional groups attached to an aromatic ring is 1. The van der Waals surface area contributed by atoms with Crippen molar-refractivity contribution in [3.63, 3.8) is 0 Å². The van der Waals surface area contributed by atoms with E-state index in [4.69, 9.17) is 15.2 Å². The van der Waals surface area contributed by atoms with Crippen molar-refractivity contribution in [2.75, 3.05) is 5.73 Å². The molecule has 0 aliphatic carbocycles. The minimum atomic E-state index is -1.08. The number of hydrogen-bond donors (Lipinski definition) is 1. The van der Waals surface area contributed by atoms with Gasteiger partial charge in [-0.1, -0.05) is 60.7 Å². The molecular formula is C23H17NO5. The Morgan fingerprint density at radius 2 is 1.66 bits per heavy atom. The molecular weight excluding hydrogens is 370 g/mol. The van der Waals surface area contributed by atoms with Crippen LogP contribution in [0.3, 0.4) is 0 Å². The molecule has 6 nitrogen and oxygen atoms in total. The van der Waals surface area contributed by atoms with E-state index >= 15 is 0 Å². The van der Waals surface area contributed by atoms with E-state index in [9.17, 15) is 14.4 Å². The predicted octanol–water partition coefficient (Wildman–Crippen LogP) is 3.45. The number of ketones is 1. The molecule has 29 heavy (non-hydrogen) atoms. The summed E-state index contributed by atoms with van der Waals surface area (Å²) in [6.45, 7) is 0. The molecule has 3 aromatic rings. The van der Waals surface area contributed by atoms with Crippen LogP contribution in [-0.2, 0) is 20.7 Å². The molecule has 6 heteroatoms. The lowest BCUT2D eigenvalue weighted by Crippen LogP contribution is -2.15. The second kappa shape index (κ2) is 7.59. The maximum absolute atomic E-state index is 12.7. The van der Waals surface area contributed by atoms with Crippen LogP contribution in [0.2, 0.25) is 0 Å². The average molecular weight is 387 g/mol. The van der Waals surface area contributed by atoms with Crippen LogP contribution in [0.5, 0.6) is 0 Å². The highest BCUT2D eigenvalue weighted by Gasteiger charge is 2.33. The first-order valence-electron chi connectivity index (χ1n) is 9.01. The highest BCUT2D eigenvalue weighted by molar-refractivity contribution is 6.12. The molecule has 0 saturated carbocycles. The molecule has 4 rings (SSSR count). The van der Waals surface area contributed by atoms with Crippen molar-refractivity contribution in [2.24, 2.45) is 0 Å². The Labute approximate surface area is 166 Å². The standard InChI is InChI=1S/C23H17NO5/c24-20-15(9-6-12-18(20)21(26)14-7-2-1-3-8-14)13-19(25)28-23-17-11-5-4-10-16(17)22(27)29-23/h1-12,23H,13,24H2. The van der Waals surface area contributed by atoms with E-state index in [1.807, 2.05) is 6.07 Å². The van der Waals surface area contributed by atoms with Crippen LogP contribution in [-0.4, -0.2) is 17.7 Å². The van der Waals surface area contributed by atoms with Gasteiger partial charge in [-0.15, -0.1) is 0 Å². The Kier molecular flexibility index (Phi) is 4.83. The number of carbonyl (C=O) groups is 3. The number of carbonyl (C=O) groups excluding carboxylic acids is 3. The summed E-state index contributed by atoms with van der Waals surface area (Å²) in [4.78, 5) is 37.0. The van der Waals surface area contributed by atoms with Gasteiger partial charge in [0.2, 0.25) is 0 Å². The molecule has 0 fully saturated rings. The first kappa shape index (κ1) is 18.4. The van der Waals surface area contributed by atoms with Crippen LogP contribution in [0, 0.1) is 0 Å². The SMILES string of the molecule is Nc1c(CC(=O)OC2OC(=O)c3ccccc32)cccc1C(=O)c1ccccc1. The Hall–Kier alpha value is -3.93. The van der Waals surface area contributed by atoms with E-state index in [2.05, 4.69) is 0 Å². The molecule has 144 valence electrons. The summed E-state index contributed by atoms with van der Waals surface area (Å²) in [6, 6.07) is 20.4. The molecule has 2 N–H and O–H groups in total. The van der Waals surface area contributed by atoms with Crippen molar-refractivity contribution in [1.29, 1.82) is 0 Å². The molecule has 0 spiro atoms. The van der Waals surface area contributed by atoms with E-state index in [0.29, 0.717) is 27.8 Å². The summed E-state index contributed by atoms with van der Waals surface area (Å²) in [5.74, 6) is -1.37. The number of cyclic esters (lactones) is 1. The lowest BCUT2D eigenvalue weighted by molar-refractivity contribution is -0.166. The number of hydrogen-bond acceptors (Lipinski definition) is 6. The molecule has 1 aliphatic heterocycles. The number of anilines is 1. The fourth-order valence-electron chi connectivity index (χ4n) is 3.23.